The lowest BCUT2D eigenvalue weighted by Crippen LogP contribution is -2.29. The summed E-state index contributed by atoms with van der Waals surface area (Å²) in [7, 11) is -3.57. The first-order valence-corrected chi connectivity index (χ1v) is 8.54. The maximum absolute atomic E-state index is 12.7. The summed E-state index contributed by atoms with van der Waals surface area (Å²) in [5.41, 5.74) is 2.29. The van der Waals surface area contributed by atoms with Gasteiger partial charge in [0.05, 0.1) is 10.6 Å². The molecule has 1 N–H and O–H groups in total. The lowest BCUT2D eigenvalue weighted by atomic mass is 10.1. The van der Waals surface area contributed by atoms with Crippen molar-refractivity contribution in [2.75, 3.05) is 10.8 Å². The van der Waals surface area contributed by atoms with E-state index in [0.717, 1.165) is 17.2 Å². The Morgan fingerprint density at radius 1 is 1.13 bits per heavy atom. The summed E-state index contributed by atoms with van der Waals surface area (Å²) in [6, 6.07) is 13.6. The summed E-state index contributed by atoms with van der Waals surface area (Å²) in [6.45, 7) is 0.388. The Bertz CT molecular complexity index is 873. The number of fused-ring (bicyclic) bond motifs is 1. The molecule has 0 amide bonds. The molecule has 0 unspecified atom stereocenters. The molecule has 1 heterocycles. The Kier molecular flexibility index (Phi) is 3.92. The van der Waals surface area contributed by atoms with E-state index in [2.05, 4.69) is 0 Å². The van der Waals surface area contributed by atoms with Gasteiger partial charge in [0.1, 0.15) is 0 Å². The van der Waals surface area contributed by atoms with Crippen LogP contribution >= 0.6 is 0 Å². The summed E-state index contributed by atoms with van der Waals surface area (Å²) >= 11 is 0. The van der Waals surface area contributed by atoms with Crippen molar-refractivity contribution in [2.45, 2.75) is 11.3 Å². The van der Waals surface area contributed by atoms with Crippen molar-refractivity contribution in [3.63, 3.8) is 0 Å². The molecular weight excluding hydrogens is 314 g/mol. The highest BCUT2D eigenvalue weighted by Crippen LogP contribution is 2.33. The normalized spacial score (nSPS) is 14.2. The van der Waals surface area contributed by atoms with Crippen LogP contribution < -0.4 is 4.31 Å². The average molecular weight is 329 g/mol. The molecule has 0 atom stereocenters. The first-order chi connectivity index (χ1) is 11.0. The van der Waals surface area contributed by atoms with Crippen LogP contribution in [0.15, 0.2) is 59.5 Å². The first kappa shape index (κ1) is 15.3. The van der Waals surface area contributed by atoms with Crippen molar-refractivity contribution < 1.29 is 18.3 Å². The van der Waals surface area contributed by atoms with Gasteiger partial charge in [-0.2, -0.15) is 0 Å². The molecule has 0 saturated carbocycles. The zero-order chi connectivity index (χ0) is 16.4. The molecule has 2 aromatic carbocycles. The van der Waals surface area contributed by atoms with E-state index in [1.165, 1.54) is 10.4 Å². The monoisotopic (exact) mass is 329 g/mol. The van der Waals surface area contributed by atoms with Gasteiger partial charge in [-0.15, -0.1) is 0 Å². The number of carbonyl (C=O) groups is 1. The average Bonchev–Trinajstić information content (AvgIpc) is 2.97. The van der Waals surface area contributed by atoms with Crippen molar-refractivity contribution in [1.29, 1.82) is 0 Å². The molecule has 5 nitrogen and oxygen atoms in total. The fourth-order valence-electron chi connectivity index (χ4n) is 2.63. The van der Waals surface area contributed by atoms with E-state index in [1.807, 2.05) is 6.07 Å². The Hall–Kier alpha value is -2.60. The number of nitrogens with zero attached hydrogens (tertiary/aromatic N) is 1. The van der Waals surface area contributed by atoms with E-state index < -0.39 is 16.0 Å². The summed E-state index contributed by atoms with van der Waals surface area (Å²) in [6.07, 6.45) is 3.17. The van der Waals surface area contributed by atoms with Crippen molar-refractivity contribution in [3.05, 3.63) is 65.7 Å². The van der Waals surface area contributed by atoms with Gasteiger partial charge in [0, 0.05) is 12.6 Å². The molecule has 2 aromatic rings. The second kappa shape index (κ2) is 5.89. The molecule has 118 valence electrons. The second-order valence-electron chi connectivity index (χ2n) is 5.20. The molecular formula is C17H15NO4S. The number of benzene rings is 2. The highest BCUT2D eigenvalue weighted by Gasteiger charge is 2.30. The number of rotatable bonds is 4. The fraction of sp³-hybridized carbons (Fsp3) is 0.118. The minimum absolute atomic E-state index is 0.266. The van der Waals surface area contributed by atoms with Crippen LogP contribution in [0.1, 0.15) is 11.1 Å². The molecule has 6 heteroatoms. The zero-order valence-corrected chi connectivity index (χ0v) is 13.0. The third-order valence-corrected chi connectivity index (χ3v) is 5.53. The van der Waals surface area contributed by atoms with Crippen LogP contribution in [0.4, 0.5) is 5.69 Å². The Morgan fingerprint density at radius 2 is 1.87 bits per heavy atom. The van der Waals surface area contributed by atoms with Gasteiger partial charge in [0.25, 0.3) is 10.0 Å². The standard InChI is InChI=1S/C17H15NO4S/c19-17(20)9-7-13-6-8-16-14(12-13)10-11-18(16)23(21,22)15-4-2-1-3-5-15/h1-9,12H,10-11H2,(H,19,20)/b9-7+. The van der Waals surface area contributed by atoms with E-state index >= 15 is 0 Å². The van der Waals surface area contributed by atoms with Gasteiger partial charge >= 0.3 is 5.97 Å². The first-order valence-electron chi connectivity index (χ1n) is 7.10. The molecule has 0 bridgehead atoms. The van der Waals surface area contributed by atoms with Gasteiger partial charge in [-0.3, -0.25) is 4.31 Å². The van der Waals surface area contributed by atoms with Gasteiger partial charge < -0.3 is 5.11 Å². The molecule has 0 spiro atoms. The predicted molar refractivity (Wildman–Crippen MR) is 87.8 cm³/mol. The number of aliphatic carboxylic acids is 1. The molecule has 0 fully saturated rings. The molecule has 0 radical (unpaired) electrons. The lowest BCUT2D eigenvalue weighted by molar-refractivity contribution is -0.131. The smallest absolute Gasteiger partial charge is 0.328 e. The van der Waals surface area contributed by atoms with Crippen molar-refractivity contribution in [1.82, 2.24) is 0 Å². The van der Waals surface area contributed by atoms with E-state index in [1.54, 1.807) is 42.5 Å². The number of carboxylic acids is 1. The van der Waals surface area contributed by atoms with Crippen LogP contribution in [0.3, 0.4) is 0 Å². The molecule has 0 aromatic heterocycles. The number of sulfonamides is 1. The van der Waals surface area contributed by atoms with Crippen LogP contribution in [-0.4, -0.2) is 26.0 Å². The summed E-state index contributed by atoms with van der Waals surface area (Å²) < 4.78 is 26.9. The number of hydrogen-bond donors (Lipinski definition) is 1. The minimum Gasteiger partial charge on any atom is -0.478 e. The van der Waals surface area contributed by atoms with Crippen LogP contribution in [-0.2, 0) is 21.2 Å². The van der Waals surface area contributed by atoms with Crippen LogP contribution in [0.25, 0.3) is 6.08 Å². The van der Waals surface area contributed by atoms with E-state index in [0.29, 0.717) is 18.7 Å². The lowest BCUT2D eigenvalue weighted by Gasteiger charge is -2.19. The number of carboxylic acid groups (broad SMARTS) is 1. The molecule has 1 aliphatic heterocycles. The largest absolute Gasteiger partial charge is 0.478 e. The Labute approximate surface area is 134 Å². The fourth-order valence-corrected chi connectivity index (χ4v) is 4.16. The molecule has 3 rings (SSSR count). The molecule has 0 aliphatic carbocycles. The van der Waals surface area contributed by atoms with Crippen LogP contribution in [0.5, 0.6) is 0 Å². The van der Waals surface area contributed by atoms with E-state index in [4.69, 9.17) is 5.11 Å². The number of hydrogen-bond acceptors (Lipinski definition) is 3. The minimum atomic E-state index is -3.57. The summed E-state index contributed by atoms with van der Waals surface area (Å²) in [4.78, 5) is 10.8. The third kappa shape index (κ3) is 2.98. The topological polar surface area (TPSA) is 74.7 Å². The Balaban J connectivity index is 1.95. The Morgan fingerprint density at radius 3 is 2.57 bits per heavy atom. The molecule has 23 heavy (non-hydrogen) atoms. The molecule has 1 aliphatic rings. The maximum Gasteiger partial charge on any atom is 0.328 e. The highest BCUT2D eigenvalue weighted by atomic mass is 32.2. The quantitative estimate of drug-likeness (QED) is 0.875. The van der Waals surface area contributed by atoms with Crippen LogP contribution in [0, 0.1) is 0 Å². The van der Waals surface area contributed by atoms with Crippen molar-refractivity contribution in [2.24, 2.45) is 0 Å². The van der Waals surface area contributed by atoms with Gasteiger partial charge in [-0.25, -0.2) is 13.2 Å². The van der Waals surface area contributed by atoms with Gasteiger partial charge in [0.15, 0.2) is 0 Å². The van der Waals surface area contributed by atoms with Gasteiger partial charge in [-0.1, -0.05) is 24.3 Å². The van der Waals surface area contributed by atoms with E-state index in [-0.39, 0.29) is 4.90 Å². The highest BCUT2D eigenvalue weighted by molar-refractivity contribution is 7.92. The second-order valence-corrected chi connectivity index (χ2v) is 7.06. The number of anilines is 1. The molecule has 0 saturated heterocycles. The predicted octanol–water partition coefficient (Wildman–Crippen LogP) is 2.54. The third-order valence-electron chi connectivity index (χ3n) is 3.71. The summed E-state index contributed by atoms with van der Waals surface area (Å²) in [5, 5.41) is 8.67. The zero-order valence-electron chi connectivity index (χ0n) is 12.2. The van der Waals surface area contributed by atoms with E-state index in [9.17, 15) is 13.2 Å². The van der Waals surface area contributed by atoms with Gasteiger partial charge in [0.2, 0.25) is 0 Å². The van der Waals surface area contributed by atoms with Crippen molar-refractivity contribution >= 4 is 27.8 Å². The summed E-state index contributed by atoms with van der Waals surface area (Å²) in [5.74, 6) is -1.02. The van der Waals surface area contributed by atoms with Gasteiger partial charge in [-0.05, 0) is 47.9 Å². The van der Waals surface area contributed by atoms with Crippen molar-refractivity contribution in [3.8, 4) is 0 Å². The van der Waals surface area contributed by atoms with Crippen LogP contribution in [0.2, 0.25) is 0 Å². The SMILES string of the molecule is O=C(O)/C=C/c1ccc2c(c1)CCN2S(=O)(=O)c1ccccc1. The maximum atomic E-state index is 12.7.